The molecule has 1 aromatic carbocycles. The zero-order chi connectivity index (χ0) is 21.0. The molecule has 1 heterocycles. The highest BCUT2D eigenvalue weighted by Crippen LogP contribution is 2.32. The Balaban J connectivity index is 1.80. The third kappa shape index (κ3) is 4.74. The molecule has 0 bridgehead atoms. The van der Waals surface area contributed by atoms with E-state index in [1.54, 1.807) is 0 Å². The molecule has 0 unspecified atom stereocenters. The van der Waals surface area contributed by atoms with Crippen molar-refractivity contribution in [3.8, 4) is 6.07 Å². The molecule has 2 aromatic rings. The molecule has 8 heteroatoms. The van der Waals surface area contributed by atoms with Gasteiger partial charge in [0, 0.05) is 24.3 Å². The number of hydrogen-bond donors (Lipinski definition) is 1. The van der Waals surface area contributed by atoms with Crippen LogP contribution in [0.25, 0.3) is 0 Å². The number of thioether (sulfide) groups is 1. The predicted molar refractivity (Wildman–Crippen MR) is 109 cm³/mol. The van der Waals surface area contributed by atoms with Gasteiger partial charge in [0.1, 0.15) is 16.9 Å². The fourth-order valence-electron chi connectivity index (χ4n) is 3.43. The third-order valence-corrected chi connectivity index (χ3v) is 5.89. The number of halogens is 1. The van der Waals surface area contributed by atoms with Gasteiger partial charge in [0.15, 0.2) is 0 Å². The minimum absolute atomic E-state index is 0.00652. The van der Waals surface area contributed by atoms with E-state index in [4.69, 9.17) is 5.73 Å². The Morgan fingerprint density at radius 2 is 2.03 bits per heavy atom. The van der Waals surface area contributed by atoms with Crippen LogP contribution >= 0.6 is 11.8 Å². The Hall–Kier alpha value is -2.92. The minimum atomic E-state index is -0.528. The largest absolute Gasteiger partial charge is 0.370 e. The molecule has 0 radical (unpaired) electrons. The number of fused-ring (bicyclic) bond motifs is 1. The molecule has 0 saturated heterocycles. The van der Waals surface area contributed by atoms with Crippen LogP contribution in [0, 0.1) is 24.1 Å². The summed E-state index contributed by atoms with van der Waals surface area (Å²) >= 11 is 1.21. The zero-order valence-corrected chi connectivity index (χ0v) is 16.9. The van der Waals surface area contributed by atoms with Gasteiger partial charge < -0.3 is 10.6 Å². The van der Waals surface area contributed by atoms with E-state index >= 15 is 0 Å². The number of nitriles is 1. The maximum atomic E-state index is 13.2. The van der Waals surface area contributed by atoms with Crippen LogP contribution in [0.3, 0.4) is 0 Å². The van der Waals surface area contributed by atoms with Crippen molar-refractivity contribution in [3.63, 3.8) is 0 Å². The zero-order valence-electron chi connectivity index (χ0n) is 16.1. The van der Waals surface area contributed by atoms with Crippen LogP contribution in [0.5, 0.6) is 0 Å². The number of anilines is 1. The van der Waals surface area contributed by atoms with E-state index < -0.39 is 11.7 Å². The monoisotopic (exact) mass is 412 g/mol. The maximum Gasteiger partial charge on any atom is 0.237 e. The second kappa shape index (κ2) is 9.05. The summed E-state index contributed by atoms with van der Waals surface area (Å²) in [5, 5.41) is 10.1. The highest BCUT2D eigenvalue weighted by Gasteiger charge is 2.23. The van der Waals surface area contributed by atoms with Gasteiger partial charge in [0.05, 0.1) is 11.3 Å². The first-order valence-electron chi connectivity index (χ1n) is 9.30. The van der Waals surface area contributed by atoms with Crippen LogP contribution in [0.15, 0.2) is 29.3 Å². The molecule has 0 spiro atoms. The molecule has 0 aliphatic heterocycles. The Kier molecular flexibility index (Phi) is 6.49. The summed E-state index contributed by atoms with van der Waals surface area (Å²) in [4.78, 5) is 30.1. The second-order valence-electron chi connectivity index (χ2n) is 6.83. The van der Waals surface area contributed by atoms with Gasteiger partial charge in [-0.15, -0.1) is 0 Å². The molecule has 29 heavy (non-hydrogen) atoms. The van der Waals surface area contributed by atoms with Crippen molar-refractivity contribution in [2.75, 3.05) is 17.2 Å². The summed E-state index contributed by atoms with van der Waals surface area (Å²) in [6.07, 6.45) is 2.82. The molecule has 0 saturated carbocycles. The number of nitrogens with zero attached hydrogens (tertiary/aromatic N) is 3. The Bertz CT molecular complexity index is 986. The van der Waals surface area contributed by atoms with E-state index in [0.717, 1.165) is 36.1 Å². The molecule has 6 nitrogen and oxygen atoms in total. The van der Waals surface area contributed by atoms with Gasteiger partial charge in [0.2, 0.25) is 11.8 Å². The van der Waals surface area contributed by atoms with Crippen molar-refractivity contribution in [1.82, 2.24) is 4.98 Å². The second-order valence-corrected chi connectivity index (χ2v) is 7.80. The average molecular weight is 412 g/mol. The highest BCUT2D eigenvalue weighted by molar-refractivity contribution is 8.00. The quantitative estimate of drug-likeness (QED) is 0.705. The van der Waals surface area contributed by atoms with Crippen molar-refractivity contribution in [3.05, 3.63) is 52.5 Å². The average Bonchev–Trinajstić information content (AvgIpc) is 3.16. The topological polar surface area (TPSA) is 100 Å². The summed E-state index contributed by atoms with van der Waals surface area (Å²) < 4.78 is 13.2. The number of hydrogen-bond acceptors (Lipinski definition) is 5. The first kappa shape index (κ1) is 20.8. The SMILES string of the molecule is Cc1c(C#N)c(SCC(=O)N(CCC(N)=O)c2ccc(F)cc2)nc2c1CCC2. The summed E-state index contributed by atoms with van der Waals surface area (Å²) in [5.74, 6) is -1.18. The molecule has 1 aliphatic rings. The molecule has 2 N–H and O–H groups in total. The fraction of sp³-hybridized carbons (Fsp3) is 0.333. The lowest BCUT2D eigenvalue weighted by Gasteiger charge is -2.22. The third-order valence-electron chi connectivity index (χ3n) is 4.93. The molecule has 0 atom stereocenters. The lowest BCUT2D eigenvalue weighted by atomic mass is 10.0. The number of carbonyl (C=O) groups is 2. The number of benzene rings is 1. The van der Waals surface area contributed by atoms with Crippen molar-refractivity contribution >= 4 is 29.3 Å². The van der Waals surface area contributed by atoms with Crippen molar-refractivity contribution in [2.45, 2.75) is 37.6 Å². The number of pyridine rings is 1. The molecule has 0 fully saturated rings. The van der Waals surface area contributed by atoms with Gasteiger partial charge >= 0.3 is 0 Å². The lowest BCUT2D eigenvalue weighted by molar-refractivity contribution is -0.118. The number of rotatable bonds is 7. The molecule has 3 rings (SSSR count). The minimum Gasteiger partial charge on any atom is -0.370 e. The van der Waals surface area contributed by atoms with Crippen LogP contribution < -0.4 is 10.6 Å². The van der Waals surface area contributed by atoms with Crippen molar-refractivity contribution in [2.24, 2.45) is 5.73 Å². The Morgan fingerprint density at radius 3 is 2.69 bits per heavy atom. The van der Waals surface area contributed by atoms with Gasteiger partial charge in [-0.3, -0.25) is 9.59 Å². The molecule has 2 amide bonds. The van der Waals surface area contributed by atoms with Crippen LogP contribution in [-0.4, -0.2) is 29.1 Å². The number of carbonyl (C=O) groups excluding carboxylic acids is 2. The van der Waals surface area contributed by atoms with E-state index in [9.17, 15) is 19.2 Å². The number of primary amides is 1. The van der Waals surface area contributed by atoms with E-state index in [0.29, 0.717) is 16.3 Å². The number of aryl methyl sites for hydroxylation is 1. The molecule has 150 valence electrons. The summed E-state index contributed by atoms with van der Waals surface area (Å²) in [6.45, 7) is 2.02. The Morgan fingerprint density at radius 1 is 1.31 bits per heavy atom. The number of aromatic nitrogens is 1. The molecular formula is C21H21FN4O2S. The van der Waals surface area contributed by atoms with Crippen molar-refractivity contribution in [1.29, 1.82) is 5.26 Å². The van der Waals surface area contributed by atoms with Crippen LogP contribution in [0.1, 0.15) is 35.2 Å². The Labute approximate surface area is 172 Å². The summed E-state index contributed by atoms with van der Waals surface area (Å²) in [7, 11) is 0. The summed E-state index contributed by atoms with van der Waals surface area (Å²) in [5.41, 5.74) is 9.30. The van der Waals surface area contributed by atoms with E-state index in [2.05, 4.69) is 11.1 Å². The standard InChI is InChI=1S/C21H21FN4O2S/c1-13-16-3-2-4-18(16)25-21(17(13)11-23)29-12-20(28)26(10-9-19(24)27)15-7-5-14(22)6-8-15/h5-8H,2-4,9-10,12H2,1H3,(H2,24,27). The molecule has 1 aromatic heterocycles. The first-order valence-corrected chi connectivity index (χ1v) is 10.3. The van der Waals surface area contributed by atoms with E-state index in [-0.39, 0.29) is 24.6 Å². The normalized spacial score (nSPS) is 12.3. The maximum absolute atomic E-state index is 13.2. The van der Waals surface area contributed by atoms with Gasteiger partial charge in [0.25, 0.3) is 0 Å². The van der Waals surface area contributed by atoms with Crippen LogP contribution in [-0.2, 0) is 22.4 Å². The van der Waals surface area contributed by atoms with E-state index in [1.165, 1.54) is 40.9 Å². The lowest BCUT2D eigenvalue weighted by Crippen LogP contribution is -2.35. The van der Waals surface area contributed by atoms with E-state index in [1.807, 2.05) is 6.92 Å². The fourth-order valence-corrected chi connectivity index (χ4v) is 4.36. The van der Waals surface area contributed by atoms with Crippen molar-refractivity contribution < 1.29 is 14.0 Å². The molecule has 1 aliphatic carbocycles. The van der Waals surface area contributed by atoms with Gasteiger partial charge in [-0.05, 0) is 61.6 Å². The first-order chi connectivity index (χ1) is 13.9. The number of amides is 2. The molecular weight excluding hydrogens is 391 g/mol. The van der Waals surface area contributed by atoms with Gasteiger partial charge in [-0.25, -0.2) is 9.37 Å². The summed E-state index contributed by atoms with van der Waals surface area (Å²) in [6, 6.07) is 7.69. The van der Waals surface area contributed by atoms with Crippen LogP contribution in [0.4, 0.5) is 10.1 Å². The smallest absolute Gasteiger partial charge is 0.237 e. The highest BCUT2D eigenvalue weighted by atomic mass is 32.2. The van der Waals surface area contributed by atoms with Gasteiger partial charge in [-0.2, -0.15) is 5.26 Å². The van der Waals surface area contributed by atoms with Gasteiger partial charge in [-0.1, -0.05) is 11.8 Å². The predicted octanol–water partition coefficient (Wildman–Crippen LogP) is 2.89. The number of nitrogens with two attached hydrogens (primary N) is 1. The van der Waals surface area contributed by atoms with Crippen LogP contribution in [0.2, 0.25) is 0 Å².